The van der Waals surface area contributed by atoms with Crippen LogP contribution in [0, 0.1) is 0 Å². The highest BCUT2D eigenvalue weighted by Crippen LogP contribution is 2.40. The Balaban J connectivity index is 2.00. The number of carbonyl (C=O) groups is 2. The quantitative estimate of drug-likeness (QED) is 0.596. The molecule has 1 aliphatic rings. The molecule has 0 saturated heterocycles. The third-order valence-electron chi connectivity index (χ3n) is 4.43. The van der Waals surface area contributed by atoms with Crippen LogP contribution in [0.5, 0.6) is 5.75 Å². The number of imide groups is 1. The van der Waals surface area contributed by atoms with Crippen molar-refractivity contribution in [3.8, 4) is 17.0 Å². The van der Waals surface area contributed by atoms with Crippen LogP contribution in [-0.2, 0) is 9.59 Å². The molecular weight excluding hydrogens is 408 g/mol. The van der Waals surface area contributed by atoms with Gasteiger partial charge in [0.1, 0.15) is 5.75 Å². The summed E-state index contributed by atoms with van der Waals surface area (Å²) < 4.78 is 6.00. The Hall–Kier alpha value is -2.86. The van der Waals surface area contributed by atoms with Gasteiger partial charge in [-0.05, 0) is 46.1 Å². The molecule has 5 nitrogen and oxygen atoms in total. The number of aromatic nitrogens is 1. The Bertz CT molecular complexity index is 1080. The molecule has 6 heteroatoms. The van der Waals surface area contributed by atoms with E-state index in [1.807, 2.05) is 55.5 Å². The van der Waals surface area contributed by atoms with Crippen molar-refractivity contribution >= 4 is 44.2 Å². The molecule has 2 amide bonds. The fourth-order valence-corrected chi connectivity index (χ4v) is 3.70. The van der Waals surface area contributed by atoms with Crippen molar-refractivity contribution in [2.24, 2.45) is 0 Å². The minimum absolute atomic E-state index is 0.241. The molecule has 1 aromatic heterocycles. The minimum atomic E-state index is -0.429. The summed E-state index contributed by atoms with van der Waals surface area (Å²) >= 11 is 3.29. The lowest BCUT2D eigenvalue weighted by Crippen LogP contribution is -2.22. The van der Waals surface area contributed by atoms with Crippen LogP contribution in [0.1, 0.15) is 18.9 Å². The zero-order valence-corrected chi connectivity index (χ0v) is 16.2. The van der Waals surface area contributed by atoms with Gasteiger partial charge in [0.25, 0.3) is 11.8 Å². The van der Waals surface area contributed by atoms with Crippen molar-refractivity contribution in [1.29, 1.82) is 0 Å². The van der Waals surface area contributed by atoms with Gasteiger partial charge in [0.2, 0.25) is 0 Å². The maximum Gasteiger partial charge on any atom is 0.265 e. The predicted octanol–water partition coefficient (Wildman–Crippen LogP) is 4.39. The summed E-state index contributed by atoms with van der Waals surface area (Å²) in [5, 5.41) is 3.19. The normalized spacial score (nSPS) is 14.1. The van der Waals surface area contributed by atoms with E-state index in [0.29, 0.717) is 17.7 Å². The molecular formula is C21H17BrN2O3. The predicted molar refractivity (Wildman–Crippen MR) is 109 cm³/mol. The van der Waals surface area contributed by atoms with Crippen molar-refractivity contribution in [3.05, 3.63) is 58.6 Å². The van der Waals surface area contributed by atoms with Crippen LogP contribution in [0.2, 0.25) is 0 Å². The number of amides is 2. The maximum atomic E-state index is 12.5. The molecule has 0 saturated carbocycles. The lowest BCUT2D eigenvalue weighted by molar-refractivity contribution is -0.123. The van der Waals surface area contributed by atoms with Gasteiger partial charge in [-0.2, -0.15) is 0 Å². The van der Waals surface area contributed by atoms with Gasteiger partial charge in [0.05, 0.1) is 22.4 Å². The van der Waals surface area contributed by atoms with Gasteiger partial charge in [-0.25, -0.2) is 0 Å². The van der Waals surface area contributed by atoms with Crippen molar-refractivity contribution in [2.45, 2.75) is 13.3 Å². The molecule has 4 rings (SSSR count). The number of halogens is 1. The van der Waals surface area contributed by atoms with Gasteiger partial charge in [0.15, 0.2) is 0 Å². The Morgan fingerprint density at radius 3 is 2.48 bits per heavy atom. The van der Waals surface area contributed by atoms with Gasteiger partial charge in [-0.3, -0.25) is 14.9 Å². The number of carbonyl (C=O) groups excluding carboxylic acids is 2. The highest BCUT2D eigenvalue weighted by molar-refractivity contribution is 9.12. The van der Waals surface area contributed by atoms with Crippen molar-refractivity contribution in [2.75, 3.05) is 6.61 Å². The first-order valence-electron chi connectivity index (χ1n) is 8.70. The molecule has 27 heavy (non-hydrogen) atoms. The summed E-state index contributed by atoms with van der Waals surface area (Å²) in [5.41, 5.74) is 3.61. The second kappa shape index (κ2) is 7.04. The largest absolute Gasteiger partial charge is 0.494 e. The Labute approximate surface area is 164 Å². The Kier molecular flexibility index (Phi) is 4.58. The average Bonchev–Trinajstić information content (AvgIpc) is 3.17. The van der Waals surface area contributed by atoms with Crippen LogP contribution in [0.25, 0.3) is 27.7 Å². The fraction of sp³-hybridized carbons (Fsp3) is 0.143. The van der Waals surface area contributed by atoms with Crippen LogP contribution < -0.4 is 10.1 Å². The number of benzene rings is 2. The molecule has 3 aromatic rings. The zero-order chi connectivity index (χ0) is 19.0. The van der Waals surface area contributed by atoms with E-state index in [1.54, 1.807) is 0 Å². The molecule has 0 aliphatic carbocycles. The third kappa shape index (κ3) is 3.06. The summed E-state index contributed by atoms with van der Waals surface area (Å²) in [4.78, 5) is 27.9. The zero-order valence-electron chi connectivity index (χ0n) is 14.6. The van der Waals surface area contributed by atoms with E-state index in [4.69, 9.17) is 4.74 Å². The van der Waals surface area contributed by atoms with Gasteiger partial charge >= 0.3 is 0 Å². The van der Waals surface area contributed by atoms with E-state index in [9.17, 15) is 9.59 Å². The molecule has 0 radical (unpaired) electrons. The summed E-state index contributed by atoms with van der Waals surface area (Å²) in [6.45, 7) is 2.66. The highest BCUT2D eigenvalue weighted by atomic mass is 79.9. The van der Waals surface area contributed by atoms with E-state index < -0.39 is 11.8 Å². The standard InChI is InChI=1S/C21H17BrN2O3/c1-2-10-27-13-8-9-15-14(11-13)16(17-18(22)21(26)24-20(17)25)19(23-15)12-6-4-3-5-7-12/h3-9,11,23H,2,10H2,1H3,(H,24,25,26). The molecule has 1 aliphatic heterocycles. The van der Waals surface area contributed by atoms with Gasteiger partial charge in [-0.15, -0.1) is 0 Å². The molecule has 0 spiro atoms. The van der Waals surface area contributed by atoms with E-state index in [0.717, 1.165) is 34.3 Å². The number of fused-ring (bicyclic) bond motifs is 1. The molecule has 0 unspecified atom stereocenters. The third-order valence-corrected chi connectivity index (χ3v) is 5.18. The molecule has 0 bridgehead atoms. The number of hydrogen-bond acceptors (Lipinski definition) is 3. The van der Waals surface area contributed by atoms with Crippen LogP contribution in [0.3, 0.4) is 0 Å². The lowest BCUT2D eigenvalue weighted by atomic mass is 9.98. The van der Waals surface area contributed by atoms with Crippen LogP contribution in [0.4, 0.5) is 0 Å². The van der Waals surface area contributed by atoms with E-state index in [1.165, 1.54) is 0 Å². The van der Waals surface area contributed by atoms with E-state index in [-0.39, 0.29) is 4.48 Å². The van der Waals surface area contributed by atoms with Crippen molar-refractivity contribution in [1.82, 2.24) is 10.3 Å². The molecule has 2 aromatic carbocycles. The van der Waals surface area contributed by atoms with Gasteiger partial charge in [0, 0.05) is 16.5 Å². The number of hydrogen-bond donors (Lipinski definition) is 2. The molecule has 136 valence electrons. The summed E-state index contributed by atoms with van der Waals surface area (Å²) in [6, 6.07) is 15.5. The smallest absolute Gasteiger partial charge is 0.265 e. The second-order valence-corrected chi connectivity index (χ2v) is 7.06. The Morgan fingerprint density at radius 2 is 1.81 bits per heavy atom. The topological polar surface area (TPSA) is 71.2 Å². The molecule has 2 heterocycles. The summed E-state index contributed by atoms with van der Waals surface area (Å²) in [7, 11) is 0. The van der Waals surface area contributed by atoms with Gasteiger partial charge in [-0.1, -0.05) is 37.3 Å². The van der Waals surface area contributed by atoms with Crippen LogP contribution >= 0.6 is 15.9 Å². The van der Waals surface area contributed by atoms with E-state index >= 15 is 0 Å². The number of aromatic amines is 1. The number of ether oxygens (including phenoxy) is 1. The number of nitrogens with one attached hydrogen (secondary N) is 2. The van der Waals surface area contributed by atoms with Crippen molar-refractivity contribution < 1.29 is 14.3 Å². The molecule has 0 atom stereocenters. The van der Waals surface area contributed by atoms with E-state index in [2.05, 4.69) is 26.2 Å². The second-order valence-electron chi connectivity index (χ2n) is 6.27. The first-order chi connectivity index (χ1) is 13.1. The SMILES string of the molecule is CCCOc1ccc2[nH]c(-c3ccccc3)c(C3=C(Br)C(=O)NC3=O)c2c1. The van der Waals surface area contributed by atoms with Crippen LogP contribution in [0.15, 0.2) is 53.0 Å². The fourth-order valence-electron chi connectivity index (χ4n) is 3.22. The highest BCUT2D eigenvalue weighted by Gasteiger charge is 2.33. The summed E-state index contributed by atoms with van der Waals surface area (Å²) in [5.74, 6) is -0.114. The van der Waals surface area contributed by atoms with Crippen LogP contribution in [-0.4, -0.2) is 23.4 Å². The monoisotopic (exact) mass is 424 g/mol. The molecule has 0 fully saturated rings. The van der Waals surface area contributed by atoms with Gasteiger partial charge < -0.3 is 9.72 Å². The first-order valence-corrected chi connectivity index (χ1v) is 9.49. The number of rotatable bonds is 5. The van der Waals surface area contributed by atoms with Crippen molar-refractivity contribution in [3.63, 3.8) is 0 Å². The first kappa shape index (κ1) is 17.5. The molecule has 2 N–H and O–H groups in total. The lowest BCUT2D eigenvalue weighted by Gasteiger charge is -2.07. The number of H-pyrrole nitrogens is 1. The minimum Gasteiger partial charge on any atom is -0.494 e. The maximum absolute atomic E-state index is 12.5. The average molecular weight is 425 g/mol. The Morgan fingerprint density at radius 1 is 1.04 bits per heavy atom. The summed E-state index contributed by atoms with van der Waals surface area (Å²) in [6.07, 6.45) is 0.904.